The maximum atomic E-state index is 10.5. The first-order valence-corrected chi connectivity index (χ1v) is 4.46. The fraction of sp³-hybridized carbons (Fsp3) is 0.556. The molecule has 0 aromatic carbocycles. The molecule has 0 saturated carbocycles. The van der Waals surface area contributed by atoms with Crippen molar-refractivity contribution in [3.05, 3.63) is 18.2 Å². The summed E-state index contributed by atoms with van der Waals surface area (Å²) in [5.74, 6) is -0.423. The summed E-state index contributed by atoms with van der Waals surface area (Å²) in [6, 6.07) is 0. The second-order valence-corrected chi connectivity index (χ2v) is 3.54. The molecule has 1 aliphatic rings. The molecule has 0 fully saturated rings. The van der Waals surface area contributed by atoms with Crippen molar-refractivity contribution in [3.8, 4) is 0 Å². The van der Waals surface area contributed by atoms with Crippen LogP contribution in [-0.4, -0.2) is 20.6 Å². The fourth-order valence-electron chi connectivity index (χ4n) is 1.86. The van der Waals surface area contributed by atoms with Gasteiger partial charge in [0.25, 0.3) is 0 Å². The highest BCUT2D eigenvalue weighted by atomic mass is 16.4. The number of aliphatic carboxylic acids is 1. The molecule has 13 heavy (non-hydrogen) atoms. The summed E-state index contributed by atoms with van der Waals surface area (Å²) in [7, 11) is 0. The highest BCUT2D eigenvalue weighted by Gasteiger charge is 2.20. The van der Waals surface area contributed by atoms with Crippen molar-refractivity contribution in [2.75, 3.05) is 0 Å². The van der Waals surface area contributed by atoms with Gasteiger partial charge in [0.2, 0.25) is 0 Å². The van der Waals surface area contributed by atoms with Crippen LogP contribution in [0.25, 0.3) is 0 Å². The first kappa shape index (κ1) is 8.29. The van der Waals surface area contributed by atoms with Crippen LogP contribution < -0.4 is 0 Å². The zero-order chi connectivity index (χ0) is 9.26. The van der Waals surface area contributed by atoms with Crippen LogP contribution in [-0.2, 0) is 17.8 Å². The van der Waals surface area contributed by atoms with Crippen molar-refractivity contribution in [1.29, 1.82) is 0 Å². The van der Waals surface area contributed by atoms with Crippen LogP contribution in [0.5, 0.6) is 0 Å². The highest BCUT2D eigenvalue weighted by molar-refractivity contribution is 5.67. The van der Waals surface area contributed by atoms with Gasteiger partial charge in [0.15, 0.2) is 0 Å². The molecule has 1 unspecified atom stereocenters. The van der Waals surface area contributed by atoms with Gasteiger partial charge in [-0.2, -0.15) is 0 Å². The SMILES string of the molecule is O=C(O)CC1CCc2cncn2C1. The number of carbonyl (C=O) groups is 1. The minimum absolute atomic E-state index is 0.275. The second kappa shape index (κ2) is 3.20. The topological polar surface area (TPSA) is 55.1 Å². The molecular weight excluding hydrogens is 168 g/mol. The lowest BCUT2D eigenvalue weighted by Gasteiger charge is -2.22. The Balaban J connectivity index is 2.04. The molecule has 0 bridgehead atoms. The van der Waals surface area contributed by atoms with E-state index in [0.29, 0.717) is 0 Å². The molecule has 1 atom stereocenters. The van der Waals surface area contributed by atoms with Crippen LogP contribution in [0.4, 0.5) is 0 Å². The third-order valence-electron chi connectivity index (χ3n) is 2.53. The number of nitrogens with zero attached hydrogens (tertiary/aromatic N) is 2. The molecule has 4 nitrogen and oxygen atoms in total. The molecule has 1 N–H and O–H groups in total. The number of aryl methyl sites for hydroxylation is 1. The predicted molar refractivity (Wildman–Crippen MR) is 46.3 cm³/mol. The molecule has 0 aliphatic carbocycles. The van der Waals surface area contributed by atoms with E-state index in [0.717, 1.165) is 19.4 Å². The van der Waals surface area contributed by atoms with Crippen LogP contribution in [0.3, 0.4) is 0 Å². The Morgan fingerprint density at radius 1 is 1.77 bits per heavy atom. The van der Waals surface area contributed by atoms with Crippen LogP contribution in [0.2, 0.25) is 0 Å². The number of fused-ring (bicyclic) bond motifs is 1. The molecule has 4 heteroatoms. The Morgan fingerprint density at radius 2 is 2.62 bits per heavy atom. The molecular formula is C9H12N2O2. The van der Waals surface area contributed by atoms with Crippen LogP contribution in [0.1, 0.15) is 18.5 Å². The van der Waals surface area contributed by atoms with Crippen LogP contribution in [0.15, 0.2) is 12.5 Å². The molecule has 2 heterocycles. The normalized spacial score (nSPS) is 21.1. The van der Waals surface area contributed by atoms with Gasteiger partial charge in [0.1, 0.15) is 0 Å². The lowest BCUT2D eigenvalue weighted by molar-refractivity contribution is -0.138. The van der Waals surface area contributed by atoms with Gasteiger partial charge in [-0.3, -0.25) is 4.79 Å². The lowest BCUT2D eigenvalue weighted by Crippen LogP contribution is -2.21. The summed E-state index contributed by atoms with van der Waals surface area (Å²) in [6.45, 7) is 0.807. The predicted octanol–water partition coefficient (Wildman–Crippen LogP) is 0.920. The monoisotopic (exact) mass is 180 g/mol. The Hall–Kier alpha value is -1.32. The summed E-state index contributed by atoms with van der Waals surface area (Å²) in [6.07, 6.45) is 5.84. The molecule has 1 aliphatic heterocycles. The molecule has 70 valence electrons. The first-order valence-electron chi connectivity index (χ1n) is 4.46. The number of rotatable bonds is 2. The summed E-state index contributed by atoms with van der Waals surface area (Å²) >= 11 is 0. The molecule has 1 aromatic rings. The third kappa shape index (κ3) is 1.71. The Morgan fingerprint density at radius 3 is 3.38 bits per heavy atom. The quantitative estimate of drug-likeness (QED) is 0.736. The summed E-state index contributed by atoms with van der Waals surface area (Å²) in [5, 5.41) is 8.64. The molecule has 0 radical (unpaired) electrons. The zero-order valence-electron chi connectivity index (χ0n) is 7.31. The maximum Gasteiger partial charge on any atom is 0.303 e. The average Bonchev–Trinajstić information content (AvgIpc) is 2.49. The van der Waals surface area contributed by atoms with Crippen LogP contribution >= 0.6 is 0 Å². The highest BCUT2D eigenvalue weighted by Crippen LogP contribution is 2.21. The second-order valence-electron chi connectivity index (χ2n) is 3.54. The van der Waals surface area contributed by atoms with Crippen LogP contribution in [0, 0.1) is 5.92 Å². The van der Waals surface area contributed by atoms with Crippen molar-refractivity contribution in [2.24, 2.45) is 5.92 Å². The lowest BCUT2D eigenvalue weighted by atomic mass is 9.95. The zero-order valence-corrected chi connectivity index (χ0v) is 7.31. The molecule has 0 amide bonds. The van der Waals surface area contributed by atoms with E-state index in [1.165, 1.54) is 5.69 Å². The minimum atomic E-state index is -0.700. The van der Waals surface area contributed by atoms with Gasteiger partial charge in [0.05, 0.1) is 6.33 Å². The van der Waals surface area contributed by atoms with E-state index in [1.54, 1.807) is 6.33 Å². The van der Waals surface area contributed by atoms with E-state index in [4.69, 9.17) is 5.11 Å². The maximum absolute atomic E-state index is 10.5. The Bertz CT molecular complexity index is 319. The van der Waals surface area contributed by atoms with E-state index in [-0.39, 0.29) is 12.3 Å². The number of carboxylic acids is 1. The van der Waals surface area contributed by atoms with E-state index in [9.17, 15) is 4.79 Å². The van der Waals surface area contributed by atoms with E-state index < -0.39 is 5.97 Å². The standard InChI is InChI=1S/C9H12N2O2/c12-9(13)3-7-1-2-8-4-10-6-11(8)5-7/h4,6-7H,1-3,5H2,(H,12,13). The summed E-state index contributed by atoms with van der Waals surface area (Å²) in [4.78, 5) is 14.5. The average molecular weight is 180 g/mol. The van der Waals surface area contributed by atoms with E-state index >= 15 is 0 Å². The van der Waals surface area contributed by atoms with Crippen molar-refractivity contribution in [2.45, 2.75) is 25.8 Å². The molecule has 0 spiro atoms. The van der Waals surface area contributed by atoms with Gasteiger partial charge in [-0.25, -0.2) is 4.98 Å². The van der Waals surface area contributed by atoms with Gasteiger partial charge in [-0.15, -0.1) is 0 Å². The fourth-order valence-corrected chi connectivity index (χ4v) is 1.86. The number of aromatic nitrogens is 2. The minimum Gasteiger partial charge on any atom is -0.481 e. The summed E-state index contributed by atoms with van der Waals surface area (Å²) < 4.78 is 2.05. The Kier molecular flexibility index (Phi) is 2.04. The van der Waals surface area contributed by atoms with E-state index in [1.807, 2.05) is 6.20 Å². The first-order chi connectivity index (χ1) is 6.25. The van der Waals surface area contributed by atoms with Gasteiger partial charge < -0.3 is 9.67 Å². The number of hydrogen-bond donors (Lipinski definition) is 1. The summed E-state index contributed by atoms with van der Waals surface area (Å²) in [5.41, 5.74) is 1.22. The number of carboxylic acid groups (broad SMARTS) is 1. The smallest absolute Gasteiger partial charge is 0.303 e. The Labute approximate surface area is 76.2 Å². The van der Waals surface area contributed by atoms with Crippen molar-refractivity contribution >= 4 is 5.97 Å². The third-order valence-corrected chi connectivity index (χ3v) is 2.53. The molecule has 0 saturated heterocycles. The van der Waals surface area contributed by atoms with Gasteiger partial charge in [0, 0.05) is 24.9 Å². The number of hydrogen-bond acceptors (Lipinski definition) is 2. The molecule has 1 aromatic heterocycles. The van der Waals surface area contributed by atoms with Gasteiger partial charge in [-0.05, 0) is 18.8 Å². The van der Waals surface area contributed by atoms with Crippen molar-refractivity contribution in [1.82, 2.24) is 9.55 Å². The largest absolute Gasteiger partial charge is 0.481 e. The van der Waals surface area contributed by atoms with Crippen molar-refractivity contribution in [3.63, 3.8) is 0 Å². The number of imidazole rings is 1. The molecule has 2 rings (SSSR count). The van der Waals surface area contributed by atoms with Gasteiger partial charge >= 0.3 is 5.97 Å². The van der Waals surface area contributed by atoms with Gasteiger partial charge in [-0.1, -0.05) is 0 Å². The van der Waals surface area contributed by atoms with E-state index in [2.05, 4.69) is 9.55 Å². The van der Waals surface area contributed by atoms with Crippen molar-refractivity contribution < 1.29 is 9.90 Å².